The molecule has 1 aromatic heterocycles. The van der Waals surface area contributed by atoms with Crippen LogP contribution in [0.4, 0.5) is 8.78 Å². The van der Waals surface area contributed by atoms with E-state index in [2.05, 4.69) is 19.6 Å². The van der Waals surface area contributed by atoms with Crippen molar-refractivity contribution < 1.29 is 23.0 Å². The van der Waals surface area contributed by atoms with E-state index in [1.807, 2.05) is 0 Å². The van der Waals surface area contributed by atoms with Gasteiger partial charge in [0.2, 0.25) is 5.43 Å². The van der Waals surface area contributed by atoms with Crippen LogP contribution in [-0.4, -0.2) is 31.8 Å². The molecule has 1 heterocycles. The van der Waals surface area contributed by atoms with Gasteiger partial charge in [-0.05, 0) is 19.0 Å². The quantitative estimate of drug-likeness (QED) is 0.415. The van der Waals surface area contributed by atoms with E-state index in [1.54, 1.807) is 6.92 Å². The first-order valence-corrected chi connectivity index (χ1v) is 12.1. The van der Waals surface area contributed by atoms with Gasteiger partial charge in [-0.25, -0.2) is 13.6 Å². The third kappa shape index (κ3) is 4.76. The van der Waals surface area contributed by atoms with Crippen LogP contribution in [-0.2, 0) is 16.2 Å². The molecule has 0 spiro atoms. The zero-order chi connectivity index (χ0) is 19.5. The van der Waals surface area contributed by atoms with Gasteiger partial charge in [0.1, 0.15) is 12.3 Å². The predicted molar refractivity (Wildman–Crippen MR) is 98.2 cm³/mol. The number of carbonyl (C=O) groups is 1. The van der Waals surface area contributed by atoms with Crippen molar-refractivity contribution in [3.8, 4) is 0 Å². The number of hydrogen-bond acceptors (Lipinski definition) is 4. The first-order valence-electron chi connectivity index (χ1n) is 8.41. The van der Waals surface area contributed by atoms with E-state index in [4.69, 9.17) is 9.47 Å². The predicted octanol–water partition coefficient (Wildman–Crippen LogP) is 3.77. The monoisotopic (exact) mass is 383 g/mol. The lowest BCUT2D eigenvalue weighted by atomic mass is 10.1. The minimum atomic E-state index is -1.28. The molecule has 0 unspecified atom stereocenters. The lowest BCUT2D eigenvalue weighted by molar-refractivity contribution is 0.0521. The average Bonchev–Trinajstić information content (AvgIpc) is 2.54. The number of ether oxygens (including phenoxy) is 2. The van der Waals surface area contributed by atoms with Crippen molar-refractivity contribution >= 4 is 24.9 Å². The number of halogens is 2. The van der Waals surface area contributed by atoms with Crippen LogP contribution < -0.4 is 5.43 Å². The van der Waals surface area contributed by atoms with Crippen molar-refractivity contribution in [3.05, 3.63) is 45.8 Å². The van der Waals surface area contributed by atoms with Gasteiger partial charge in [0, 0.05) is 32.3 Å². The lowest BCUT2D eigenvalue weighted by Crippen LogP contribution is -2.23. The van der Waals surface area contributed by atoms with Crippen molar-refractivity contribution in [1.82, 2.24) is 4.57 Å². The third-order valence-electron chi connectivity index (χ3n) is 3.84. The van der Waals surface area contributed by atoms with E-state index in [-0.39, 0.29) is 29.8 Å². The van der Waals surface area contributed by atoms with Gasteiger partial charge in [0.05, 0.1) is 12.1 Å². The number of aromatic nitrogens is 1. The standard InChI is InChI=1S/C18H23F2NO4Si/c1-5-25-18(23)13-10-21(11-24-6-7-26(2,3)4)16-9-15(20)14(19)8-12(16)17(13)22/h8-10H,5-7,11H2,1-4H3. The van der Waals surface area contributed by atoms with Crippen LogP contribution in [0.1, 0.15) is 17.3 Å². The normalized spacial score (nSPS) is 11.8. The highest BCUT2D eigenvalue weighted by atomic mass is 28.3. The summed E-state index contributed by atoms with van der Waals surface area (Å²) >= 11 is 0. The Morgan fingerprint density at radius 2 is 1.85 bits per heavy atom. The molecule has 2 rings (SSSR count). The van der Waals surface area contributed by atoms with Crippen LogP contribution in [0.3, 0.4) is 0 Å². The van der Waals surface area contributed by atoms with Crippen LogP contribution in [0.25, 0.3) is 10.9 Å². The van der Waals surface area contributed by atoms with Gasteiger partial charge in [0.15, 0.2) is 11.6 Å². The molecule has 0 aliphatic carbocycles. The number of rotatable bonds is 7. The highest BCUT2D eigenvalue weighted by molar-refractivity contribution is 6.76. The number of fused-ring (bicyclic) bond motifs is 1. The first kappa shape index (κ1) is 20.3. The second kappa shape index (κ2) is 8.09. The molecule has 0 aliphatic rings. The Hall–Kier alpha value is -2.06. The number of benzene rings is 1. The van der Waals surface area contributed by atoms with Gasteiger partial charge in [-0.1, -0.05) is 19.6 Å². The van der Waals surface area contributed by atoms with Crippen LogP contribution in [0.2, 0.25) is 25.7 Å². The Morgan fingerprint density at radius 1 is 1.19 bits per heavy atom. The van der Waals surface area contributed by atoms with E-state index in [0.717, 1.165) is 18.2 Å². The number of hydrogen-bond donors (Lipinski definition) is 0. The summed E-state index contributed by atoms with van der Waals surface area (Å²) in [4.78, 5) is 24.5. The summed E-state index contributed by atoms with van der Waals surface area (Å²) in [5, 5.41) is -0.0942. The van der Waals surface area contributed by atoms with Crippen molar-refractivity contribution in [2.45, 2.75) is 39.3 Å². The van der Waals surface area contributed by atoms with Crippen molar-refractivity contribution in [2.75, 3.05) is 13.2 Å². The molecule has 0 bridgehead atoms. The highest BCUT2D eigenvalue weighted by Crippen LogP contribution is 2.18. The summed E-state index contributed by atoms with van der Waals surface area (Å²) in [6, 6.07) is 2.66. The molecule has 0 saturated carbocycles. The topological polar surface area (TPSA) is 57.5 Å². The zero-order valence-electron chi connectivity index (χ0n) is 15.4. The van der Waals surface area contributed by atoms with Crippen molar-refractivity contribution in [3.63, 3.8) is 0 Å². The van der Waals surface area contributed by atoms with Gasteiger partial charge in [-0.15, -0.1) is 0 Å². The van der Waals surface area contributed by atoms with E-state index in [9.17, 15) is 18.4 Å². The maximum absolute atomic E-state index is 13.7. The number of pyridine rings is 1. The average molecular weight is 383 g/mol. The van der Waals surface area contributed by atoms with Gasteiger partial charge < -0.3 is 14.0 Å². The Balaban J connectivity index is 2.45. The third-order valence-corrected chi connectivity index (χ3v) is 5.55. The Bertz CT molecular complexity index is 874. The van der Waals surface area contributed by atoms with Crippen LogP contribution in [0.5, 0.6) is 0 Å². The molecule has 0 amide bonds. The maximum atomic E-state index is 13.7. The van der Waals surface area contributed by atoms with Crippen molar-refractivity contribution in [1.29, 1.82) is 0 Å². The molecule has 0 N–H and O–H groups in total. The SMILES string of the molecule is CCOC(=O)c1cn(COCC[Si](C)(C)C)c2cc(F)c(F)cc2c1=O. The largest absolute Gasteiger partial charge is 0.462 e. The number of carbonyl (C=O) groups excluding carboxylic acids is 1. The molecule has 1 aromatic carbocycles. The molecule has 0 fully saturated rings. The van der Waals surface area contributed by atoms with Crippen molar-refractivity contribution in [2.24, 2.45) is 0 Å². The minimum Gasteiger partial charge on any atom is -0.462 e. The molecule has 0 radical (unpaired) electrons. The van der Waals surface area contributed by atoms with Gasteiger partial charge >= 0.3 is 5.97 Å². The van der Waals surface area contributed by atoms with Crippen LogP contribution in [0.15, 0.2) is 23.1 Å². The molecular weight excluding hydrogens is 360 g/mol. The second-order valence-corrected chi connectivity index (χ2v) is 12.8. The Morgan fingerprint density at radius 3 is 2.46 bits per heavy atom. The van der Waals surface area contributed by atoms with Gasteiger partial charge in [0.25, 0.3) is 0 Å². The fourth-order valence-electron chi connectivity index (χ4n) is 2.39. The van der Waals surface area contributed by atoms with E-state index in [0.29, 0.717) is 6.61 Å². The van der Waals surface area contributed by atoms with Gasteiger partial charge in [-0.3, -0.25) is 4.79 Å². The maximum Gasteiger partial charge on any atom is 0.343 e. The van der Waals surface area contributed by atoms with E-state index < -0.39 is 31.1 Å². The first-order chi connectivity index (χ1) is 12.1. The fraction of sp³-hybridized carbons (Fsp3) is 0.444. The number of nitrogens with zero attached hydrogens (tertiary/aromatic N) is 1. The summed E-state index contributed by atoms with van der Waals surface area (Å²) in [5.41, 5.74) is -0.773. The second-order valence-electron chi connectivity index (χ2n) is 7.19. The molecule has 142 valence electrons. The van der Waals surface area contributed by atoms with Gasteiger partial charge in [-0.2, -0.15) is 0 Å². The summed E-state index contributed by atoms with van der Waals surface area (Å²) in [6.07, 6.45) is 1.27. The molecule has 0 saturated heterocycles. The Kier molecular flexibility index (Phi) is 6.30. The highest BCUT2D eigenvalue weighted by Gasteiger charge is 2.19. The summed E-state index contributed by atoms with van der Waals surface area (Å²) < 4.78 is 39.2. The molecule has 26 heavy (non-hydrogen) atoms. The zero-order valence-corrected chi connectivity index (χ0v) is 16.4. The molecule has 8 heteroatoms. The smallest absolute Gasteiger partial charge is 0.343 e. The summed E-state index contributed by atoms with van der Waals surface area (Å²) in [7, 11) is -1.28. The number of esters is 1. The summed E-state index contributed by atoms with van der Waals surface area (Å²) in [5.74, 6) is -3.03. The molecule has 5 nitrogen and oxygen atoms in total. The summed E-state index contributed by atoms with van der Waals surface area (Å²) in [6.45, 7) is 8.86. The lowest BCUT2D eigenvalue weighted by Gasteiger charge is -2.17. The molecule has 2 aromatic rings. The molecular formula is C18H23F2NO4Si. The minimum absolute atomic E-state index is 0.0126. The van der Waals surface area contributed by atoms with E-state index in [1.165, 1.54) is 10.8 Å². The fourth-order valence-corrected chi connectivity index (χ4v) is 3.14. The molecule has 0 atom stereocenters. The van der Waals surface area contributed by atoms with Crippen LogP contribution in [0, 0.1) is 11.6 Å². The van der Waals surface area contributed by atoms with Crippen LogP contribution >= 0.6 is 0 Å². The van der Waals surface area contributed by atoms with E-state index >= 15 is 0 Å². The Labute approximate surface area is 151 Å². The molecule has 0 aliphatic heterocycles.